The number of amides is 1. The lowest BCUT2D eigenvalue weighted by molar-refractivity contribution is -0.116. The molecule has 25 heavy (non-hydrogen) atoms. The summed E-state index contributed by atoms with van der Waals surface area (Å²) < 4.78 is 0. The van der Waals surface area contributed by atoms with Gasteiger partial charge < -0.3 is 10.2 Å². The van der Waals surface area contributed by atoms with Gasteiger partial charge in [-0.25, -0.2) is 0 Å². The lowest BCUT2D eigenvalue weighted by Crippen LogP contribution is -2.47. The molecule has 128 valence electrons. The van der Waals surface area contributed by atoms with Crippen molar-refractivity contribution in [2.75, 3.05) is 19.6 Å². The average molecular weight is 332 g/mol. The van der Waals surface area contributed by atoms with Crippen molar-refractivity contribution in [2.24, 2.45) is 0 Å². The monoisotopic (exact) mass is 332 g/mol. The van der Waals surface area contributed by atoms with Crippen LogP contribution in [0.1, 0.15) is 24.0 Å². The Morgan fingerprint density at radius 2 is 1.80 bits per heavy atom. The second-order valence-electron chi connectivity index (χ2n) is 6.46. The molecule has 2 aromatic rings. The number of rotatable bonds is 4. The van der Waals surface area contributed by atoms with Crippen molar-refractivity contribution >= 4 is 5.91 Å². The third-order valence-electron chi connectivity index (χ3n) is 4.49. The fourth-order valence-electron chi connectivity index (χ4n) is 3.18. The highest BCUT2D eigenvalue weighted by Gasteiger charge is 2.20. The van der Waals surface area contributed by atoms with Gasteiger partial charge in [-0.1, -0.05) is 54.5 Å². The summed E-state index contributed by atoms with van der Waals surface area (Å²) in [6.07, 6.45) is 3.20. The topological polar surface area (TPSA) is 32.3 Å². The van der Waals surface area contributed by atoms with E-state index in [9.17, 15) is 4.79 Å². The van der Waals surface area contributed by atoms with Gasteiger partial charge in [-0.2, -0.15) is 0 Å². The molecule has 1 amide bonds. The van der Waals surface area contributed by atoms with Crippen LogP contribution >= 0.6 is 0 Å². The smallest absolute Gasteiger partial charge is 0.296 e. The van der Waals surface area contributed by atoms with Crippen LogP contribution in [-0.4, -0.2) is 36.5 Å². The van der Waals surface area contributed by atoms with E-state index in [-0.39, 0.29) is 11.9 Å². The molecule has 1 N–H and O–H groups in total. The molecule has 0 aliphatic carbocycles. The molecule has 1 aliphatic heterocycles. The molecular formula is C22H24N2O. The predicted octanol–water partition coefficient (Wildman–Crippen LogP) is 2.86. The van der Waals surface area contributed by atoms with Crippen molar-refractivity contribution in [2.45, 2.75) is 25.3 Å². The minimum Gasteiger partial charge on any atom is -0.341 e. The molecule has 0 saturated carbocycles. The van der Waals surface area contributed by atoms with E-state index < -0.39 is 0 Å². The molecule has 1 saturated heterocycles. The second-order valence-corrected chi connectivity index (χ2v) is 6.46. The molecule has 0 aromatic heterocycles. The number of likely N-dealkylation sites (tertiary alicyclic amines) is 1. The Morgan fingerprint density at radius 3 is 2.56 bits per heavy atom. The number of benzene rings is 2. The lowest BCUT2D eigenvalue weighted by Gasteiger charge is -2.32. The first-order valence-corrected chi connectivity index (χ1v) is 8.93. The zero-order valence-corrected chi connectivity index (χ0v) is 14.4. The highest BCUT2D eigenvalue weighted by atomic mass is 16.1. The van der Waals surface area contributed by atoms with E-state index in [0.717, 1.165) is 44.5 Å². The van der Waals surface area contributed by atoms with E-state index >= 15 is 0 Å². The van der Waals surface area contributed by atoms with Crippen LogP contribution in [0.15, 0.2) is 60.7 Å². The van der Waals surface area contributed by atoms with E-state index in [1.165, 1.54) is 5.56 Å². The summed E-state index contributed by atoms with van der Waals surface area (Å²) in [5, 5.41) is 3.06. The molecule has 0 unspecified atom stereocenters. The third-order valence-corrected chi connectivity index (χ3v) is 4.49. The molecule has 3 rings (SSSR count). The summed E-state index contributed by atoms with van der Waals surface area (Å²) in [7, 11) is 0. The predicted molar refractivity (Wildman–Crippen MR) is 101 cm³/mol. The SMILES string of the molecule is O=C(C#Cc1ccccc1)N[C@H]1CCCN(CCc2ccccc2)C1. The van der Waals surface area contributed by atoms with E-state index in [4.69, 9.17) is 0 Å². The Labute approximate surface area is 150 Å². The zero-order chi connectivity index (χ0) is 17.3. The number of hydrogen-bond acceptors (Lipinski definition) is 2. The fraction of sp³-hybridized carbons (Fsp3) is 0.318. The van der Waals surface area contributed by atoms with Crippen molar-refractivity contribution in [3.8, 4) is 11.8 Å². The first-order valence-electron chi connectivity index (χ1n) is 8.93. The van der Waals surface area contributed by atoms with Gasteiger partial charge in [-0.15, -0.1) is 0 Å². The number of carbonyl (C=O) groups excluding carboxylic acids is 1. The van der Waals surface area contributed by atoms with Crippen LogP contribution in [0.25, 0.3) is 0 Å². The Balaban J connectivity index is 1.46. The van der Waals surface area contributed by atoms with E-state index in [2.05, 4.69) is 46.3 Å². The number of nitrogens with zero attached hydrogens (tertiary/aromatic N) is 1. The molecule has 1 fully saturated rings. The Bertz CT molecular complexity index is 731. The number of carbonyl (C=O) groups is 1. The molecular weight excluding hydrogens is 308 g/mol. The highest BCUT2D eigenvalue weighted by Crippen LogP contribution is 2.11. The molecule has 1 aliphatic rings. The molecule has 1 heterocycles. The van der Waals surface area contributed by atoms with Crippen LogP contribution in [0.2, 0.25) is 0 Å². The van der Waals surface area contributed by atoms with Gasteiger partial charge in [0, 0.05) is 30.6 Å². The molecule has 0 radical (unpaired) electrons. The number of hydrogen-bond donors (Lipinski definition) is 1. The Hall–Kier alpha value is -2.57. The molecule has 0 bridgehead atoms. The van der Waals surface area contributed by atoms with Crippen molar-refractivity contribution in [3.63, 3.8) is 0 Å². The normalized spacial score (nSPS) is 17.4. The van der Waals surface area contributed by atoms with Crippen molar-refractivity contribution < 1.29 is 4.79 Å². The molecule has 3 heteroatoms. The van der Waals surface area contributed by atoms with Gasteiger partial charge in [0.2, 0.25) is 0 Å². The van der Waals surface area contributed by atoms with Crippen molar-refractivity contribution in [1.29, 1.82) is 0 Å². The van der Waals surface area contributed by atoms with Crippen LogP contribution in [-0.2, 0) is 11.2 Å². The number of piperidine rings is 1. The van der Waals surface area contributed by atoms with E-state index in [1.54, 1.807) is 0 Å². The molecule has 0 spiro atoms. The summed E-state index contributed by atoms with van der Waals surface area (Å²) in [6, 6.07) is 20.4. The summed E-state index contributed by atoms with van der Waals surface area (Å²) in [5.74, 6) is 5.43. The van der Waals surface area contributed by atoms with Gasteiger partial charge in [-0.3, -0.25) is 4.79 Å². The third kappa shape index (κ3) is 5.77. The maximum atomic E-state index is 12.1. The van der Waals surface area contributed by atoms with E-state index in [1.807, 2.05) is 36.4 Å². The van der Waals surface area contributed by atoms with Gasteiger partial charge in [0.15, 0.2) is 0 Å². The lowest BCUT2D eigenvalue weighted by atomic mass is 10.0. The largest absolute Gasteiger partial charge is 0.341 e. The minimum atomic E-state index is -0.182. The quantitative estimate of drug-likeness (QED) is 0.873. The van der Waals surface area contributed by atoms with Crippen LogP contribution in [0.3, 0.4) is 0 Å². The van der Waals surface area contributed by atoms with E-state index in [0.29, 0.717) is 0 Å². The first kappa shape index (κ1) is 17.3. The average Bonchev–Trinajstić information content (AvgIpc) is 2.67. The van der Waals surface area contributed by atoms with Crippen molar-refractivity contribution in [3.05, 3.63) is 71.8 Å². The highest BCUT2D eigenvalue weighted by molar-refractivity contribution is 5.94. The Morgan fingerprint density at radius 1 is 1.08 bits per heavy atom. The van der Waals surface area contributed by atoms with Crippen LogP contribution < -0.4 is 5.32 Å². The Kier molecular flexibility index (Phi) is 6.25. The summed E-state index contributed by atoms with van der Waals surface area (Å²) in [4.78, 5) is 14.5. The second kappa shape index (κ2) is 9.05. The van der Waals surface area contributed by atoms with Gasteiger partial charge in [-0.05, 0) is 43.5 Å². The fourth-order valence-corrected chi connectivity index (χ4v) is 3.18. The van der Waals surface area contributed by atoms with Crippen LogP contribution in [0.4, 0.5) is 0 Å². The number of nitrogens with one attached hydrogen (secondary N) is 1. The standard InChI is InChI=1S/C22H24N2O/c25-22(14-13-19-8-3-1-4-9-19)23-21-12-7-16-24(18-21)17-15-20-10-5-2-6-11-20/h1-6,8-11,21H,7,12,15-18H2,(H,23,25)/t21-/m0/s1. The summed E-state index contributed by atoms with van der Waals surface area (Å²) in [5.41, 5.74) is 2.23. The molecule has 1 atom stereocenters. The summed E-state index contributed by atoms with van der Waals surface area (Å²) in [6.45, 7) is 3.05. The van der Waals surface area contributed by atoms with Crippen LogP contribution in [0.5, 0.6) is 0 Å². The zero-order valence-electron chi connectivity index (χ0n) is 14.4. The molecule has 2 aromatic carbocycles. The van der Waals surface area contributed by atoms with Gasteiger partial charge in [0.05, 0.1) is 0 Å². The van der Waals surface area contributed by atoms with Crippen LogP contribution in [0, 0.1) is 11.8 Å². The van der Waals surface area contributed by atoms with Crippen molar-refractivity contribution in [1.82, 2.24) is 10.2 Å². The maximum Gasteiger partial charge on any atom is 0.296 e. The maximum absolute atomic E-state index is 12.1. The molecule has 3 nitrogen and oxygen atoms in total. The summed E-state index contributed by atoms with van der Waals surface area (Å²) >= 11 is 0. The van der Waals surface area contributed by atoms with Gasteiger partial charge >= 0.3 is 0 Å². The minimum absolute atomic E-state index is 0.182. The first-order chi connectivity index (χ1) is 12.3. The van der Waals surface area contributed by atoms with Gasteiger partial charge in [0.25, 0.3) is 5.91 Å². The van der Waals surface area contributed by atoms with Gasteiger partial charge in [0.1, 0.15) is 0 Å².